The Labute approximate surface area is 158 Å². The van der Waals surface area contributed by atoms with Crippen LogP contribution in [0.4, 0.5) is 5.95 Å². The number of benzene rings is 1. The molecule has 27 heavy (non-hydrogen) atoms. The molecular weight excluding hydrogens is 340 g/mol. The smallest absolute Gasteiger partial charge is 0.254 e. The van der Waals surface area contributed by atoms with Crippen molar-refractivity contribution < 1.29 is 4.79 Å². The van der Waals surface area contributed by atoms with Crippen molar-refractivity contribution in [1.29, 1.82) is 0 Å². The third-order valence-corrected chi connectivity index (χ3v) is 4.75. The number of carbonyl (C=O) groups is 1. The van der Waals surface area contributed by atoms with Crippen molar-refractivity contribution in [2.75, 3.05) is 18.0 Å². The lowest BCUT2D eigenvalue weighted by Crippen LogP contribution is -2.45. The lowest BCUT2D eigenvalue weighted by molar-refractivity contribution is 0.0931. The summed E-state index contributed by atoms with van der Waals surface area (Å²) in [6.07, 6.45) is 8.69. The molecule has 1 aliphatic heterocycles. The molecule has 0 spiro atoms. The topological polar surface area (TPSA) is 75.9 Å². The first-order valence-electron chi connectivity index (χ1n) is 9.17. The number of amides is 1. The zero-order valence-corrected chi connectivity index (χ0v) is 15.0. The third-order valence-electron chi connectivity index (χ3n) is 4.75. The van der Waals surface area contributed by atoms with Gasteiger partial charge in [0.2, 0.25) is 5.95 Å². The van der Waals surface area contributed by atoms with Gasteiger partial charge in [0.1, 0.15) is 0 Å². The van der Waals surface area contributed by atoms with Gasteiger partial charge in [-0.3, -0.25) is 9.48 Å². The number of carbonyl (C=O) groups excluding carboxylic acids is 1. The number of aromatic nitrogens is 4. The van der Waals surface area contributed by atoms with Gasteiger partial charge in [-0.2, -0.15) is 5.10 Å². The zero-order chi connectivity index (χ0) is 18.5. The van der Waals surface area contributed by atoms with E-state index in [1.165, 1.54) is 0 Å². The number of rotatable bonds is 5. The average Bonchev–Trinajstić information content (AvgIpc) is 3.19. The number of piperidine rings is 1. The van der Waals surface area contributed by atoms with Crippen LogP contribution in [-0.2, 0) is 6.54 Å². The maximum Gasteiger partial charge on any atom is 0.254 e. The number of nitrogens with one attached hydrogen (secondary N) is 1. The van der Waals surface area contributed by atoms with Gasteiger partial charge in [-0.15, -0.1) is 0 Å². The van der Waals surface area contributed by atoms with E-state index in [9.17, 15) is 4.79 Å². The van der Waals surface area contributed by atoms with E-state index < -0.39 is 0 Å². The molecule has 1 fully saturated rings. The average molecular weight is 362 g/mol. The minimum Gasteiger partial charge on any atom is -0.349 e. The molecule has 4 rings (SSSR count). The van der Waals surface area contributed by atoms with Crippen molar-refractivity contribution in [3.63, 3.8) is 0 Å². The van der Waals surface area contributed by atoms with Crippen LogP contribution in [0.25, 0.3) is 0 Å². The summed E-state index contributed by atoms with van der Waals surface area (Å²) in [5.41, 5.74) is 1.75. The standard InChI is InChI=1S/C20H22N6O/c27-19(17-13-23-26(15-17)14-16-5-2-1-3-6-16)24-18-7-11-25(12-8-18)20-21-9-4-10-22-20/h1-6,9-10,13,15,18H,7-8,11-12,14H2,(H,24,27). The highest BCUT2D eigenvalue weighted by Gasteiger charge is 2.22. The summed E-state index contributed by atoms with van der Waals surface area (Å²) in [7, 11) is 0. The first-order chi connectivity index (χ1) is 13.3. The summed E-state index contributed by atoms with van der Waals surface area (Å²) in [4.78, 5) is 23.3. The normalized spacial score (nSPS) is 14.9. The van der Waals surface area contributed by atoms with Crippen LogP contribution in [0, 0.1) is 0 Å². The molecule has 0 bridgehead atoms. The molecule has 138 valence electrons. The Kier molecular flexibility index (Phi) is 5.09. The Hall–Kier alpha value is -3.22. The Balaban J connectivity index is 1.30. The minimum absolute atomic E-state index is 0.0660. The van der Waals surface area contributed by atoms with E-state index in [0.717, 1.165) is 37.4 Å². The molecule has 2 aromatic heterocycles. The van der Waals surface area contributed by atoms with E-state index in [4.69, 9.17) is 0 Å². The van der Waals surface area contributed by atoms with Crippen LogP contribution >= 0.6 is 0 Å². The van der Waals surface area contributed by atoms with Gasteiger partial charge in [0.15, 0.2) is 0 Å². The molecular formula is C20H22N6O. The summed E-state index contributed by atoms with van der Waals surface area (Å²) in [6, 6.07) is 12.1. The molecule has 1 saturated heterocycles. The molecule has 0 aliphatic carbocycles. The van der Waals surface area contributed by atoms with E-state index in [1.54, 1.807) is 29.5 Å². The summed E-state index contributed by atoms with van der Waals surface area (Å²) < 4.78 is 1.79. The second-order valence-corrected chi connectivity index (χ2v) is 6.70. The van der Waals surface area contributed by atoms with Crippen molar-refractivity contribution in [2.24, 2.45) is 0 Å². The predicted molar refractivity (Wildman–Crippen MR) is 103 cm³/mol. The summed E-state index contributed by atoms with van der Waals surface area (Å²) in [6.45, 7) is 2.33. The van der Waals surface area contributed by atoms with Gasteiger partial charge in [-0.1, -0.05) is 30.3 Å². The molecule has 7 nitrogen and oxygen atoms in total. The highest BCUT2D eigenvalue weighted by atomic mass is 16.1. The summed E-state index contributed by atoms with van der Waals surface area (Å²) >= 11 is 0. The van der Waals surface area contributed by atoms with Crippen LogP contribution in [0.5, 0.6) is 0 Å². The minimum atomic E-state index is -0.0660. The van der Waals surface area contributed by atoms with Gasteiger partial charge in [-0.25, -0.2) is 9.97 Å². The molecule has 7 heteroatoms. The Morgan fingerprint density at radius 3 is 2.56 bits per heavy atom. The van der Waals surface area contributed by atoms with Crippen LogP contribution in [0.1, 0.15) is 28.8 Å². The maximum absolute atomic E-state index is 12.5. The molecule has 3 heterocycles. The van der Waals surface area contributed by atoms with Gasteiger partial charge in [-0.05, 0) is 24.5 Å². The van der Waals surface area contributed by atoms with Gasteiger partial charge in [0.25, 0.3) is 5.91 Å². The van der Waals surface area contributed by atoms with Crippen LogP contribution in [-0.4, -0.2) is 44.8 Å². The van der Waals surface area contributed by atoms with E-state index >= 15 is 0 Å². The van der Waals surface area contributed by atoms with Crippen molar-refractivity contribution in [1.82, 2.24) is 25.1 Å². The fourth-order valence-electron chi connectivity index (χ4n) is 3.28. The number of nitrogens with zero attached hydrogens (tertiary/aromatic N) is 5. The van der Waals surface area contributed by atoms with Gasteiger partial charge >= 0.3 is 0 Å². The fraction of sp³-hybridized carbons (Fsp3) is 0.300. The second kappa shape index (κ2) is 7.99. The van der Waals surface area contributed by atoms with Gasteiger partial charge in [0, 0.05) is 37.7 Å². The first-order valence-corrected chi connectivity index (χ1v) is 9.17. The quantitative estimate of drug-likeness (QED) is 0.752. The van der Waals surface area contributed by atoms with Crippen LogP contribution in [0.2, 0.25) is 0 Å². The summed E-state index contributed by atoms with van der Waals surface area (Å²) in [5, 5.41) is 7.43. The molecule has 1 N–H and O–H groups in total. The SMILES string of the molecule is O=C(NC1CCN(c2ncccn2)CC1)c1cnn(Cc2ccccc2)c1. The van der Waals surface area contributed by atoms with Crippen LogP contribution in [0.3, 0.4) is 0 Å². The largest absolute Gasteiger partial charge is 0.349 e. The molecule has 0 atom stereocenters. The predicted octanol–water partition coefficient (Wildman–Crippen LogP) is 2.12. The molecule has 1 aromatic carbocycles. The molecule has 0 radical (unpaired) electrons. The van der Waals surface area contributed by atoms with Crippen molar-refractivity contribution in [3.8, 4) is 0 Å². The Morgan fingerprint density at radius 1 is 1.07 bits per heavy atom. The highest BCUT2D eigenvalue weighted by Crippen LogP contribution is 2.16. The van der Waals surface area contributed by atoms with Crippen LogP contribution in [0.15, 0.2) is 61.2 Å². The lowest BCUT2D eigenvalue weighted by Gasteiger charge is -2.32. The highest BCUT2D eigenvalue weighted by molar-refractivity contribution is 5.93. The van der Waals surface area contributed by atoms with Crippen molar-refractivity contribution in [3.05, 3.63) is 72.3 Å². The first kappa shape index (κ1) is 17.2. The van der Waals surface area contributed by atoms with E-state index in [2.05, 4.69) is 25.3 Å². The van der Waals surface area contributed by atoms with Gasteiger partial charge in [0.05, 0.1) is 18.3 Å². The van der Waals surface area contributed by atoms with E-state index in [1.807, 2.05) is 36.4 Å². The van der Waals surface area contributed by atoms with E-state index in [-0.39, 0.29) is 11.9 Å². The van der Waals surface area contributed by atoms with Crippen molar-refractivity contribution >= 4 is 11.9 Å². The number of hydrogen-bond acceptors (Lipinski definition) is 5. The van der Waals surface area contributed by atoms with Crippen molar-refractivity contribution in [2.45, 2.75) is 25.4 Å². The summed E-state index contributed by atoms with van der Waals surface area (Å²) in [5.74, 6) is 0.688. The Bertz CT molecular complexity index is 872. The molecule has 1 aliphatic rings. The molecule has 1 amide bonds. The fourth-order valence-corrected chi connectivity index (χ4v) is 3.28. The monoisotopic (exact) mass is 362 g/mol. The second-order valence-electron chi connectivity index (χ2n) is 6.70. The number of anilines is 1. The lowest BCUT2D eigenvalue weighted by atomic mass is 10.1. The third kappa shape index (κ3) is 4.31. The van der Waals surface area contributed by atoms with Crippen LogP contribution < -0.4 is 10.2 Å². The van der Waals surface area contributed by atoms with Gasteiger partial charge < -0.3 is 10.2 Å². The number of hydrogen-bond donors (Lipinski definition) is 1. The zero-order valence-electron chi connectivity index (χ0n) is 15.0. The molecule has 3 aromatic rings. The Morgan fingerprint density at radius 2 is 1.81 bits per heavy atom. The maximum atomic E-state index is 12.5. The molecule has 0 saturated carbocycles. The van der Waals surface area contributed by atoms with E-state index in [0.29, 0.717) is 12.1 Å². The molecule has 0 unspecified atom stereocenters.